The molecule has 2 aliphatic rings. The maximum atomic E-state index is 10.5. The van der Waals surface area contributed by atoms with Crippen LogP contribution in [0.15, 0.2) is 0 Å². The van der Waals surface area contributed by atoms with E-state index in [0.717, 1.165) is 18.8 Å². The molecule has 0 radical (unpaired) electrons. The van der Waals surface area contributed by atoms with Crippen molar-refractivity contribution in [1.29, 1.82) is 0 Å². The van der Waals surface area contributed by atoms with E-state index in [1.165, 1.54) is 6.42 Å². The van der Waals surface area contributed by atoms with E-state index in [4.69, 9.17) is 10.8 Å². The summed E-state index contributed by atoms with van der Waals surface area (Å²) < 4.78 is 0. The van der Waals surface area contributed by atoms with Crippen LogP contribution >= 0.6 is 0 Å². The second-order valence-electron chi connectivity index (χ2n) is 4.26. The topological polar surface area (TPSA) is 63.3 Å². The fraction of sp³-hybridized carbons (Fsp3) is 0.889. The Morgan fingerprint density at radius 3 is 2.67 bits per heavy atom. The van der Waals surface area contributed by atoms with Gasteiger partial charge in [0.05, 0.1) is 0 Å². The molecule has 3 heteroatoms. The summed E-state index contributed by atoms with van der Waals surface area (Å²) in [5.41, 5.74) is 5.89. The molecule has 0 heterocycles. The van der Waals surface area contributed by atoms with Gasteiger partial charge in [-0.2, -0.15) is 0 Å². The molecule has 68 valence electrons. The predicted octanol–water partition coefficient (Wildman–Crippen LogP) is 0.834. The van der Waals surface area contributed by atoms with Crippen molar-refractivity contribution in [2.24, 2.45) is 23.5 Å². The normalized spacial score (nSPS) is 45.1. The van der Waals surface area contributed by atoms with Crippen LogP contribution in [0.25, 0.3) is 0 Å². The summed E-state index contributed by atoms with van der Waals surface area (Å²) in [4.78, 5) is 10.5. The lowest BCUT2D eigenvalue weighted by Crippen LogP contribution is -2.33. The zero-order valence-corrected chi connectivity index (χ0v) is 7.07. The molecule has 2 saturated carbocycles. The number of hydrogen-bond acceptors (Lipinski definition) is 2. The molecule has 2 fully saturated rings. The Labute approximate surface area is 71.9 Å². The Morgan fingerprint density at radius 2 is 2.17 bits per heavy atom. The van der Waals surface area contributed by atoms with Crippen LogP contribution in [0.1, 0.15) is 25.7 Å². The minimum Gasteiger partial charge on any atom is -0.481 e. The third-order valence-corrected chi connectivity index (χ3v) is 3.44. The molecule has 0 aromatic carbocycles. The summed E-state index contributed by atoms with van der Waals surface area (Å²) in [6.07, 6.45) is 3.74. The van der Waals surface area contributed by atoms with E-state index in [1.807, 2.05) is 0 Å². The average Bonchev–Trinajstić information content (AvgIpc) is 2.43. The molecule has 0 amide bonds. The first-order chi connectivity index (χ1) is 5.66. The summed E-state index contributed by atoms with van der Waals surface area (Å²) >= 11 is 0. The zero-order chi connectivity index (χ0) is 8.72. The van der Waals surface area contributed by atoms with Crippen molar-refractivity contribution in [2.45, 2.75) is 31.7 Å². The molecule has 0 saturated heterocycles. The maximum absolute atomic E-state index is 10.5. The van der Waals surface area contributed by atoms with Crippen LogP contribution in [0.4, 0.5) is 0 Å². The van der Waals surface area contributed by atoms with E-state index >= 15 is 0 Å². The van der Waals surface area contributed by atoms with Crippen molar-refractivity contribution in [1.82, 2.24) is 0 Å². The Balaban J connectivity index is 1.98. The fourth-order valence-electron chi connectivity index (χ4n) is 3.01. The molecule has 2 aliphatic carbocycles. The lowest BCUT2D eigenvalue weighted by Gasteiger charge is -2.25. The molecule has 12 heavy (non-hydrogen) atoms. The van der Waals surface area contributed by atoms with Crippen LogP contribution in [-0.2, 0) is 4.79 Å². The number of carboxylic acids is 1. The van der Waals surface area contributed by atoms with Crippen LogP contribution in [0, 0.1) is 17.8 Å². The maximum Gasteiger partial charge on any atom is 0.303 e. The third kappa shape index (κ3) is 1.22. The molecule has 0 spiro atoms. The largest absolute Gasteiger partial charge is 0.481 e. The first-order valence-electron chi connectivity index (χ1n) is 4.64. The molecule has 0 aromatic heterocycles. The molecule has 3 nitrogen and oxygen atoms in total. The summed E-state index contributed by atoms with van der Waals surface area (Å²) in [6, 6.07) is 0.285. The third-order valence-electron chi connectivity index (χ3n) is 3.44. The van der Waals surface area contributed by atoms with E-state index < -0.39 is 5.97 Å². The number of aliphatic carboxylic acids is 1. The minimum absolute atomic E-state index is 0.285. The number of hydrogen-bond donors (Lipinski definition) is 2. The van der Waals surface area contributed by atoms with Crippen molar-refractivity contribution in [3.63, 3.8) is 0 Å². The Hall–Kier alpha value is -0.570. The number of fused-ring (bicyclic) bond motifs is 2. The second kappa shape index (κ2) is 2.73. The molecule has 2 rings (SSSR count). The smallest absolute Gasteiger partial charge is 0.303 e. The van der Waals surface area contributed by atoms with Crippen LogP contribution in [-0.4, -0.2) is 17.1 Å². The number of carbonyl (C=O) groups is 1. The molecular weight excluding hydrogens is 154 g/mol. The number of carboxylic acid groups (broad SMARTS) is 1. The van der Waals surface area contributed by atoms with Crippen LogP contribution in [0.3, 0.4) is 0 Å². The van der Waals surface area contributed by atoms with E-state index in [9.17, 15) is 4.79 Å². The molecular formula is C9H15NO2. The summed E-state index contributed by atoms with van der Waals surface area (Å²) in [7, 11) is 0. The van der Waals surface area contributed by atoms with E-state index in [1.54, 1.807) is 0 Å². The van der Waals surface area contributed by atoms with Gasteiger partial charge in [0.2, 0.25) is 0 Å². The SMILES string of the molecule is NC1CC2CC(CC(=O)O)C1C2. The van der Waals surface area contributed by atoms with Gasteiger partial charge in [-0.15, -0.1) is 0 Å². The van der Waals surface area contributed by atoms with Gasteiger partial charge in [-0.3, -0.25) is 4.79 Å². The van der Waals surface area contributed by atoms with Gasteiger partial charge in [0.25, 0.3) is 0 Å². The van der Waals surface area contributed by atoms with Gasteiger partial charge in [0.15, 0.2) is 0 Å². The van der Waals surface area contributed by atoms with E-state index in [-0.39, 0.29) is 6.04 Å². The summed E-state index contributed by atoms with van der Waals surface area (Å²) in [6.45, 7) is 0. The van der Waals surface area contributed by atoms with Crippen LogP contribution in [0.5, 0.6) is 0 Å². The summed E-state index contributed by atoms with van der Waals surface area (Å²) in [5.74, 6) is 0.941. The van der Waals surface area contributed by atoms with E-state index in [2.05, 4.69) is 0 Å². The first kappa shape index (κ1) is 8.05. The van der Waals surface area contributed by atoms with E-state index in [0.29, 0.717) is 18.3 Å². The lowest BCUT2D eigenvalue weighted by molar-refractivity contribution is -0.138. The molecule has 0 aromatic rings. The molecule has 4 unspecified atom stereocenters. The Bertz CT molecular complexity index is 205. The van der Waals surface area contributed by atoms with Gasteiger partial charge in [-0.05, 0) is 37.0 Å². The number of rotatable bonds is 2. The van der Waals surface area contributed by atoms with Crippen LogP contribution < -0.4 is 5.73 Å². The molecule has 4 atom stereocenters. The molecule has 2 bridgehead atoms. The van der Waals surface area contributed by atoms with Gasteiger partial charge < -0.3 is 10.8 Å². The Morgan fingerprint density at radius 1 is 1.42 bits per heavy atom. The fourth-order valence-corrected chi connectivity index (χ4v) is 3.01. The standard InChI is InChI=1S/C9H15NO2/c10-8-3-5-1-6(4-9(11)12)7(8)2-5/h5-8H,1-4,10H2,(H,11,12). The minimum atomic E-state index is -0.667. The summed E-state index contributed by atoms with van der Waals surface area (Å²) in [5, 5.41) is 8.65. The highest BCUT2D eigenvalue weighted by Crippen LogP contribution is 2.48. The first-order valence-corrected chi connectivity index (χ1v) is 4.64. The highest BCUT2D eigenvalue weighted by Gasteiger charge is 2.44. The zero-order valence-electron chi connectivity index (χ0n) is 7.07. The highest BCUT2D eigenvalue weighted by atomic mass is 16.4. The Kier molecular flexibility index (Phi) is 1.83. The van der Waals surface area contributed by atoms with Gasteiger partial charge in [0.1, 0.15) is 0 Å². The predicted molar refractivity (Wildman–Crippen MR) is 44.5 cm³/mol. The number of nitrogens with two attached hydrogens (primary N) is 1. The van der Waals surface area contributed by atoms with Gasteiger partial charge in [0, 0.05) is 12.5 Å². The highest BCUT2D eigenvalue weighted by molar-refractivity contribution is 5.67. The van der Waals surface area contributed by atoms with Gasteiger partial charge in [-0.1, -0.05) is 0 Å². The van der Waals surface area contributed by atoms with Gasteiger partial charge in [-0.25, -0.2) is 0 Å². The molecule has 3 N–H and O–H groups in total. The van der Waals surface area contributed by atoms with Crippen LogP contribution in [0.2, 0.25) is 0 Å². The lowest BCUT2D eigenvalue weighted by atomic mass is 9.83. The second-order valence-corrected chi connectivity index (χ2v) is 4.26. The van der Waals surface area contributed by atoms with Crippen molar-refractivity contribution in [3.8, 4) is 0 Å². The van der Waals surface area contributed by atoms with Gasteiger partial charge >= 0.3 is 5.97 Å². The van der Waals surface area contributed by atoms with Crippen molar-refractivity contribution >= 4 is 5.97 Å². The van der Waals surface area contributed by atoms with Crippen molar-refractivity contribution in [2.75, 3.05) is 0 Å². The van der Waals surface area contributed by atoms with Crippen molar-refractivity contribution in [3.05, 3.63) is 0 Å². The average molecular weight is 169 g/mol. The quantitative estimate of drug-likeness (QED) is 0.643. The monoisotopic (exact) mass is 169 g/mol. The molecule has 0 aliphatic heterocycles. The van der Waals surface area contributed by atoms with Crippen molar-refractivity contribution < 1.29 is 9.90 Å².